The first-order valence-electron chi connectivity index (χ1n) is 9.98. The molecule has 11 heteroatoms. The van der Waals surface area contributed by atoms with Crippen molar-refractivity contribution in [3.05, 3.63) is 84.8 Å². The number of fused-ring (bicyclic) bond motifs is 1. The summed E-state index contributed by atoms with van der Waals surface area (Å²) in [6.45, 7) is -0.0412. The molecule has 3 aromatic heterocycles. The van der Waals surface area contributed by atoms with Crippen LogP contribution in [0, 0.1) is 5.82 Å². The lowest BCUT2D eigenvalue weighted by molar-refractivity contribution is -0.117. The number of para-hydroxylation sites is 2. The Kier molecular flexibility index (Phi) is 5.42. The summed E-state index contributed by atoms with van der Waals surface area (Å²) in [5, 5.41) is 15.5. The van der Waals surface area contributed by atoms with Gasteiger partial charge in [0.1, 0.15) is 36.4 Å². The van der Waals surface area contributed by atoms with Gasteiger partial charge in [0.25, 0.3) is 0 Å². The van der Waals surface area contributed by atoms with Crippen LogP contribution in [-0.4, -0.2) is 40.6 Å². The van der Waals surface area contributed by atoms with Crippen molar-refractivity contribution in [1.82, 2.24) is 34.7 Å². The minimum atomic E-state index is -0.509. The van der Waals surface area contributed by atoms with Crippen molar-refractivity contribution in [2.24, 2.45) is 0 Å². The average molecular weight is 444 g/mol. The Hall–Kier alpha value is -4.67. The molecule has 0 bridgehead atoms. The highest BCUT2D eigenvalue weighted by Crippen LogP contribution is 2.23. The summed E-state index contributed by atoms with van der Waals surface area (Å²) in [4.78, 5) is 20.7. The van der Waals surface area contributed by atoms with Crippen molar-refractivity contribution in [2.45, 2.75) is 13.2 Å². The third-order valence-electron chi connectivity index (χ3n) is 4.73. The standard InChI is InChI=1S/C22H17FN8O2/c23-18-8-4-5-9-19(18)27-20(32)12-30-11-15(28-29-30)13-33-22-17-10-26-31(21(17)24-14-25-22)16-6-2-1-3-7-16/h1-11,14H,12-13H2,(H,27,32). The molecule has 0 saturated heterocycles. The highest BCUT2D eigenvalue weighted by atomic mass is 19.1. The molecule has 1 amide bonds. The van der Waals surface area contributed by atoms with Gasteiger partial charge in [-0.3, -0.25) is 4.79 Å². The lowest BCUT2D eigenvalue weighted by atomic mass is 10.3. The Morgan fingerprint density at radius 1 is 1.06 bits per heavy atom. The maximum absolute atomic E-state index is 13.7. The number of carbonyl (C=O) groups excluding carboxylic acids is 1. The van der Waals surface area contributed by atoms with Gasteiger partial charge in [-0.05, 0) is 24.3 Å². The summed E-state index contributed by atoms with van der Waals surface area (Å²) in [5.74, 6) is -0.581. The summed E-state index contributed by atoms with van der Waals surface area (Å²) in [6.07, 6.45) is 4.62. The van der Waals surface area contributed by atoms with Crippen molar-refractivity contribution in [3.63, 3.8) is 0 Å². The molecule has 2 aromatic carbocycles. The van der Waals surface area contributed by atoms with Crippen LogP contribution in [0.2, 0.25) is 0 Å². The second-order valence-electron chi connectivity index (χ2n) is 7.03. The number of hydrogen-bond donors (Lipinski definition) is 1. The number of rotatable bonds is 7. The first-order chi connectivity index (χ1) is 16.2. The molecule has 0 fully saturated rings. The number of anilines is 1. The fourth-order valence-electron chi connectivity index (χ4n) is 3.22. The highest BCUT2D eigenvalue weighted by Gasteiger charge is 2.14. The molecular formula is C22H17FN8O2. The van der Waals surface area contributed by atoms with Crippen LogP contribution in [0.4, 0.5) is 10.1 Å². The number of benzene rings is 2. The molecular weight excluding hydrogens is 427 g/mol. The van der Waals surface area contributed by atoms with Gasteiger partial charge in [0.15, 0.2) is 5.65 Å². The van der Waals surface area contributed by atoms with Gasteiger partial charge in [0.2, 0.25) is 11.8 Å². The van der Waals surface area contributed by atoms with E-state index < -0.39 is 11.7 Å². The predicted octanol–water partition coefficient (Wildman–Crippen LogP) is 2.76. The Balaban J connectivity index is 1.25. The van der Waals surface area contributed by atoms with Gasteiger partial charge in [-0.2, -0.15) is 5.10 Å². The van der Waals surface area contributed by atoms with Crippen LogP contribution in [0.5, 0.6) is 5.88 Å². The molecule has 164 valence electrons. The first-order valence-corrected chi connectivity index (χ1v) is 9.98. The molecule has 5 aromatic rings. The Morgan fingerprint density at radius 3 is 2.73 bits per heavy atom. The van der Waals surface area contributed by atoms with E-state index in [9.17, 15) is 9.18 Å². The van der Waals surface area contributed by atoms with Gasteiger partial charge < -0.3 is 10.1 Å². The Morgan fingerprint density at radius 2 is 1.88 bits per heavy atom. The zero-order valence-electron chi connectivity index (χ0n) is 17.2. The normalized spacial score (nSPS) is 10.9. The fraction of sp³-hybridized carbons (Fsp3) is 0.0909. The van der Waals surface area contributed by atoms with E-state index in [1.807, 2.05) is 30.3 Å². The number of amides is 1. The van der Waals surface area contributed by atoms with E-state index in [0.29, 0.717) is 22.6 Å². The van der Waals surface area contributed by atoms with Crippen LogP contribution in [0.3, 0.4) is 0 Å². The van der Waals surface area contributed by atoms with E-state index in [1.54, 1.807) is 29.2 Å². The fourth-order valence-corrected chi connectivity index (χ4v) is 3.22. The van der Waals surface area contributed by atoms with Gasteiger partial charge in [-0.1, -0.05) is 35.5 Å². The minimum absolute atomic E-state index is 0.0809. The molecule has 0 spiro atoms. The van der Waals surface area contributed by atoms with Crippen LogP contribution in [-0.2, 0) is 17.9 Å². The number of ether oxygens (including phenoxy) is 1. The summed E-state index contributed by atoms with van der Waals surface area (Å²) >= 11 is 0. The summed E-state index contributed by atoms with van der Waals surface area (Å²) in [5.41, 5.74) is 2.08. The molecule has 0 aliphatic rings. The predicted molar refractivity (Wildman–Crippen MR) is 116 cm³/mol. The number of carbonyl (C=O) groups is 1. The third kappa shape index (κ3) is 4.37. The molecule has 0 radical (unpaired) electrons. The molecule has 10 nitrogen and oxygen atoms in total. The number of nitrogens with one attached hydrogen (secondary N) is 1. The maximum Gasteiger partial charge on any atom is 0.246 e. The van der Waals surface area contributed by atoms with Gasteiger partial charge >= 0.3 is 0 Å². The average Bonchev–Trinajstić information content (AvgIpc) is 3.47. The van der Waals surface area contributed by atoms with Gasteiger partial charge in [-0.15, -0.1) is 5.10 Å². The zero-order valence-corrected chi connectivity index (χ0v) is 17.2. The molecule has 0 unspecified atom stereocenters. The summed E-state index contributed by atoms with van der Waals surface area (Å²) in [7, 11) is 0. The molecule has 5 rings (SSSR count). The smallest absolute Gasteiger partial charge is 0.246 e. The van der Waals surface area contributed by atoms with E-state index in [4.69, 9.17) is 4.74 Å². The van der Waals surface area contributed by atoms with Crippen LogP contribution in [0.15, 0.2) is 73.3 Å². The Labute approximate surface area is 186 Å². The summed E-state index contributed by atoms with van der Waals surface area (Å²) in [6, 6.07) is 15.6. The van der Waals surface area contributed by atoms with Crippen LogP contribution >= 0.6 is 0 Å². The highest BCUT2D eigenvalue weighted by molar-refractivity contribution is 5.90. The number of hydrogen-bond acceptors (Lipinski definition) is 7. The van der Waals surface area contributed by atoms with E-state index in [0.717, 1.165) is 5.69 Å². The summed E-state index contributed by atoms with van der Waals surface area (Å²) < 4.78 is 22.5. The van der Waals surface area contributed by atoms with Crippen LogP contribution in [0.1, 0.15) is 5.69 Å². The van der Waals surface area contributed by atoms with E-state index >= 15 is 0 Å². The number of nitrogens with zero attached hydrogens (tertiary/aromatic N) is 7. The molecule has 33 heavy (non-hydrogen) atoms. The van der Waals surface area contributed by atoms with E-state index in [1.165, 1.54) is 23.1 Å². The van der Waals surface area contributed by atoms with E-state index in [2.05, 4.69) is 30.7 Å². The molecule has 0 saturated carbocycles. The van der Waals surface area contributed by atoms with Gasteiger partial charge in [-0.25, -0.2) is 23.7 Å². The topological polar surface area (TPSA) is 113 Å². The molecule has 0 aliphatic carbocycles. The molecule has 1 N–H and O–H groups in total. The molecule has 0 atom stereocenters. The van der Waals surface area contributed by atoms with Crippen molar-refractivity contribution in [2.75, 3.05) is 5.32 Å². The van der Waals surface area contributed by atoms with Crippen molar-refractivity contribution >= 4 is 22.6 Å². The number of aromatic nitrogens is 7. The number of halogens is 1. The second-order valence-corrected chi connectivity index (χ2v) is 7.03. The first kappa shape index (κ1) is 20.2. The van der Waals surface area contributed by atoms with Gasteiger partial charge in [0.05, 0.1) is 23.8 Å². The van der Waals surface area contributed by atoms with Crippen LogP contribution < -0.4 is 10.1 Å². The zero-order chi connectivity index (χ0) is 22.6. The minimum Gasteiger partial charge on any atom is -0.470 e. The third-order valence-corrected chi connectivity index (χ3v) is 4.73. The van der Waals surface area contributed by atoms with Crippen molar-refractivity contribution in [1.29, 1.82) is 0 Å². The SMILES string of the molecule is O=C(Cn1cc(COc2ncnc3c2cnn3-c2ccccc2)nn1)Nc1ccccc1F. The van der Waals surface area contributed by atoms with Gasteiger partial charge in [0, 0.05) is 0 Å². The van der Waals surface area contributed by atoms with Crippen LogP contribution in [0.25, 0.3) is 16.7 Å². The molecule has 3 heterocycles. The van der Waals surface area contributed by atoms with E-state index in [-0.39, 0.29) is 18.8 Å². The lowest BCUT2D eigenvalue weighted by Gasteiger charge is -2.06. The quantitative estimate of drug-likeness (QED) is 0.411. The Bertz CT molecular complexity index is 1420. The van der Waals surface area contributed by atoms with Crippen molar-refractivity contribution in [3.8, 4) is 11.6 Å². The second kappa shape index (κ2) is 8.83. The maximum atomic E-state index is 13.7. The van der Waals surface area contributed by atoms with Crippen molar-refractivity contribution < 1.29 is 13.9 Å². The monoisotopic (exact) mass is 444 g/mol. The molecule has 0 aliphatic heterocycles. The lowest BCUT2D eigenvalue weighted by Crippen LogP contribution is -2.19. The largest absolute Gasteiger partial charge is 0.470 e.